The van der Waals surface area contributed by atoms with Gasteiger partial charge < -0.3 is 0 Å². The molecule has 1 saturated carbocycles. The Balaban J connectivity index is 1.64. The van der Waals surface area contributed by atoms with Crippen molar-refractivity contribution in [2.75, 3.05) is 0 Å². The lowest BCUT2D eigenvalue weighted by atomic mass is 10.1. The van der Waals surface area contributed by atoms with Gasteiger partial charge in [0, 0.05) is 6.20 Å². The molecule has 18 heavy (non-hydrogen) atoms. The average Bonchev–Trinajstić information content (AvgIpc) is 3.12. The van der Waals surface area contributed by atoms with Gasteiger partial charge >= 0.3 is 0 Å². The molecule has 0 spiro atoms. The van der Waals surface area contributed by atoms with E-state index in [-0.39, 0.29) is 5.78 Å². The molecule has 0 aliphatic heterocycles. The molecule has 3 rings (SSSR count). The van der Waals surface area contributed by atoms with Crippen LogP contribution in [-0.2, 0) is 11.2 Å². The minimum Gasteiger partial charge on any atom is -0.294 e. The zero-order valence-electron chi connectivity index (χ0n) is 10.8. The molecule has 96 valence electrons. The smallest absolute Gasteiger partial charge is 0.164 e. The minimum absolute atomic E-state index is 0.268. The van der Waals surface area contributed by atoms with Crippen LogP contribution in [0.4, 0.5) is 0 Å². The number of hydrogen-bond donors (Lipinski definition) is 0. The third-order valence-corrected chi connectivity index (χ3v) is 4.10. The standard InChI is InChI=1S/C15H20N2O/c18-15(12-5-1-2-6-12)11-13-9-10-17(16-13)14-7-3-4-8-14/h5,9-10,14H,1-4,6-8,11H2. The van der Waals surface area contributed by atoms with Gasteiger partial charge in [-0.25, -0.2) is 0 Å². The van der Waals surface area contributed by atoms with Gasteiger partial charge in [-0.1, -0.05) is 18.9 Å². The zero-order valence-corrected chi connectivity index (χ0v) is 10.8. The molecule has 0 N–H and O–H groups in total. The first-order valence-electron chi connectivity index (χ1n) is 7.09. The predicted molar refractivity (Wildman–Crippen MR) is 70.4 cm³/mol. The Morgan fingerprint density at radius 1 is 1.33 bits per heavy atom. The van der Waals surface area contributed by atoms with Gasteiger partial charge in [-0.05, 0) is 43.7 Å². The van der Waals surface area contributed by atoms with Crippen LogP contribution in [0.3, 0.4) is 0 Å². The number of nitrogens with zero attached hydrogens (tertiary/aromatic N) is 2. The number of ketones is 1. The molecule has 2 aliphatic rings. The average molecular weight is 244 g/mol. The van der Waals surface area contributed by atoms with Crippen molar-refractivity contribution in [1.29, 1.82) is 0 Å². The number of rotatable bonds is 4. The number of allylic oxidation sites excluding steroid dienone is 2. The van der Waals surface area contributed by atoms with Gasteiger partial charge in [-0.2, -0.15) is 5.10 Å². The van der Waals surface area contributed by atoms with E-state index in [2.05, 4.69) is 15.9 Å². The number of aromatic nitrogens is 2. The predicted octanol–water partition coefficient (Wildman–Crippen LogP) is 3.22. The van der Waals surface area contributed by atoms with E-state index in [0.717, 1.165) is 30.5 Å². The second kappa shape index (κ2) is 5.09. The fraction of sp³-hybridized carbons (Fsp3) is 0.600. The summed E-state index contributed by atoms with van der Waals surface area (Å²) in [5.41, 5.74) is 1.95. The summed E-state index contributed by atoms with van der Waals surface area (Å²) >= 11 is 0. The van der Waals surface area contributed by atoms with Crippen LogP contribution in [0.1, 0.15) is 56.7 Å². The highest BCUT2D eigenvalue weighted by atomic mass is 16.1. The van der Waals surface area contributed by atoms with E-state index in [4.69, 9.17) is 0 Å². The number of carbonyl (C=O) groups excluding carboxylic acids is 1. The molecule has 0 aromatic carbocycles. The van der Waals surface area contributed by atoms with Gasteiger partial charge in [0.1, 0.15) is 0 Å². The lowest BCUT2D eigenvalue weighted by Gasteiger charge is -2.08. The molecular weight excluding hydrogens is 224 g/mol. The Kier molecular flexibility index (Phi) is 3.31. The van der Waals surface area contributed by atoms with Crippen molar-refractivity contribution in [1.82, 2.24) is 9.78 Å². The van der Waals surface area contributed by atoms with Gasteiger partial charge in [0.05, 0.1) is 18.2 Å². The second-order valence-corrected chi connectivity index (χ2v) is 5.45. The molecule has 0 unspecified atom stereocenters. The normalized spacial score (nSPS) is 20.3. The topological polar surface area (TPSA) is 34.9 Å². The summed E-state index contributed by atoms with van der Waals surface area (Å²) in [7, 11) is 0. The summed E-state index contributed by atoms with van der Waals surface area (Å²) in [5.74, 6) is 0.268. The lowest BCUT2D eigenvalue weighted by molar-refractivity contribution is -0.115. The van der Waals surface area contributed by atoms with Crippen molar-refractivity contribution in [2.24, 2.45) is 0 Å². The van der Waals surface area contributed by atoms with E-state index >= 15 is 0 Å². The number of carbonyl (C=O) groups is 1. The van der Waals surface area contributed by atoms with Crippen LogP contribution in [0.25, 0.3) is 0 Å². The van der Waals surface area contributed by atoms with E-state index in [1.807, 2.05) is 12.3 Å². The first-order chi connectivity index (χ1) is 8.83. The summed E-state index contributed by atoms with van der Waals surface area (Å²) in [5, 5.41) is 4.57. The first-order valence-corrected chi connectivity index (χ1v) is 7.09. The molecule has 0 amide bonds. The van der Waals surface area contributed by atoms with Gasteiger partial charge in [0.15, 0.2) is 5.78 Å². The molecule has 0 atom stereocenters. The highest BCUT2D eigenvalue weighted by Crippen LogP contribution is 2.28. The molecular formula is C15H20N2O. The molecule has 0 bridgehead atoms. The number of Topliss-reactive ketones (excluding diaryl/α,β-unsaturated/α-hetero) is 1. The quantitative estimate of drug-likeness (QED) is 0.815. The maximum atomic E-state index is 12.0. The summed E-state index contributed by atoms with van der Waals surface area (Å²) in [6.07, 6.45) is 12.9. The molecule has 1 aromatic rings. The van der Waals surface area contributed by atoms with E-state index in [9.17, 15) is 4.79 Å². The van der Waals surface area contributed by atoms with E-state index in [1.165, 1.54) is 25.7 Å². The maximum Gasteiger partial charge on any atom is 0.164 e. The van der Waals surface area contributed by atoms with Crippen molar-refractivity contribution in [2.45, 2.75) is 57.4 Å². The molecule has 1 aromatic heterocycles. The maximum absolute atomic E-state index is 12.0. The van der Waals surface area contributed by atoms with Crippen LogP contribution < -0.4 is 0 Å². The third kappa shape index (κ3) is 2.40. The van der Waals surface area contributed by atoms with Gasteiger partial charge in [0.2, 0.25) is 0 Å². The Bertz CT molecular complexity index is 467. The van der Waals surface area contributed by atoms with E-state index in [0.29, 0.717) is 12.5 Å². The monoisotopic (exact) mass is 244 g/mol. The molecule has 1 fully saturated rings. The van der Waals surface area contributed by atoms with Crippen molar-refractivity contribution < 1.29 is 4.79 Å². The second-order valence-electron chi connectivity index (χ2n) is 5.45. The summed E-state index contributed by atoms with van der Waals surface area (Å²) in [4.78, 5) is 12.0. The van der Waals surface area contributed by atoms with Crippen molar-refractivity contribution in [3.63, 3.8) is 0 Å². The molecule has 3 nitrogen and oxygen atoms in total. The largest absolute Gasteiger partial charge is 0.294 e. The lowest BCUT2D eigenvalue weighted by Crippen LogP contribution is -2.08. The van der Waals surface area contributed by atoms with E-state index in [1.54, 1.807) is 0 Å². The SMILES string of the molecule is O=C(Cc1ccn(C2CCCC2)n1)C1=CCCC1. The summed E-state index contributed by atoms with van der Waals surface area (Å²) < 4.78 is 2.07. The van der Waals surface area contributed by atoms with Crippen molar-refractivity contribution in [3.05, 3.63) is 29.6 Å². The van der Waals surface area contributed by atoms with Gasteiger partial charge in [-0.15, -0.1) is 0 Å². The van der Waals surface area contributed by atoms with Crippen LogP contribution in [0.2, 0.25) is 0 Å². The Morgan fingerprint density at radius 2 is 2.17 bits per heavy atom. The summed E-state index contributed by atoms with van der Waals surface area (Å²) in [6, 6.07) is 2.57. The summed E-state index contributed by atoms with van der Waals surface area (Å²) in [6.45, 7) is 0. The molecule has 0 radical (unpaired) electrons. The van der Waals surface area contributed by atoms with Crippen LogP contribution in [0, 0.1) is 0 Å². The molecule has 2 aliphatic carbocycles. The highest BCUT2D eigenvalue weighted by Gasteiger charge is 2.19. The fourth-order valence-electron chi connectivity index (χ4n) is 3.05. The Morgan fingerprint density at radius 3 is 2.89 bits per heavy atom. The fourth-order valence-corrected chi connectivity index (χ4v) is 3.05. The zero-order chi connectivity index (χ0) is 12.4. The number of hydrogen-bond acceptors (Lipinski definition) is 2. The van der Waals surface area contributed by atoms with Gasteiger partial charge in [-0.3, -0.25) is 9.48 Å². The Hall–Kier alpha value is -1.38. The van der Waals surface area contributed by atoms with E-state index < -0.39 is 0 Å². The van der Waals surface area contributed by atoms with Crippen molar-refractivity contribution >= 4 is 5.78 Å². The van der Waals surface area contributed by atoms with Crippen LogP contribution >= 0.6 is 0 Å². The minimum atomic E-state index is 0.268. The molecule has 1 heterocycles. The molecule has 0 saturated heterocycles. The molecule has 3 heteroatoms. The van der Waals surface area contributed by atoms with Gasteiger partial charge in [0.25, 0.3) is 0 Å². The van der Waals surface area contributed by atoms with Crippen LogP contribution in [0.5, 0.6) is 0 Å². The first kappa shape index (κ1) is 11.7. The third-order valence-electron chi connectivity index (χ3n) is 4.10. The van der Waals surface area contributed by atoms with Crippen LogP contribution in [-0.4, -0.2) is 15.6 Å². The highest BCUT2D eigenvalue weighted by molar-refractivity contribution is 5.96. The van der Waals surface area contributed by atoms with Crippen molar-refractivity contribution in [3.8, 4) is 0 Å². The van der Waals surface area contributed by atoms with Crippen LogP contribution in [0.15, 0.2) is 23.9 Å². The Labute approximate surface area is 108 Å².